The zero-order valence-electron chi connectivity index (χ0n) is 15.6. The number of fused-ring (bicyclic) bond motifs is 1. The summed E-state index contributed by atoms with van der Waals surface area (Å²) in [6.07, 6.45) is 1.95. The number of benzene rings is 1. The molecule has 1 saturated heterocycles. The number of nitrogens with zero attached hydrogens (tertiary/aromatic N) is 2. The summed E-state index contributed by atoms with van der Waals surface area (Å²) in [6, 6.07) is 13.4. The molecule has 4 rings (SSSR count). The van der Waals surface area contributed by atoms with Crippen molar-refractivity contribution in [3.63, 3.8) is 0 Å². The number of thiophene rings is 1. The summed E-state index contributed by atoms with van der Waals surface area (Å²) < 4.78 is 2.65. The number of pyridine rings is 1. The summed E-state index contributed by atoms with van der Waals surface area (Å²) in [7, 11) is 0. The van der Waals surface area contributed by atoms with Crippen LogP contribution in [-0.4, -0.2) is 31.2 Å². The van der Waals surface area contributed by atoms with Crippen LogP contribution in [0.1, 0.15) is 26.3 Å². The largest absolute Gasteiger partial charge is 0.354 e. The van der Waals surface area contributed by atoms with Crippen molar-refractivity contribution in [3.8, 4) is 0 Å². The molecule has 1 N–H and O–H groups in total. The van der Waals surface area contributed by atoms with Gasteiger partial charge in [-0.25, -0.2) is 4.98 Å². The van der Waals surface area contributed by atoms with Crippen molar-refractivity contribution in [2.75, 3.05) is 31.1 Å². The quantitative estimate of drug-likeness (QED) is 0.677. The summed E-state index contributed by atoms with van der Waals surface area (Å²) in [6.45, 7) is 10.9. The molecule has 1 aromatic carbocycles. The molecular weight excluding hydrogens is 358 g/mol. The van der Waals surface area contributed by atoms with E-state index in [1.807, 2.05) is 29.3 Å². The van der Waals surface area contributed by atoms with Crippen LogP contribution >= 0.6 is 23.1 Å². The average molecular weight is 384 g/mol. The van der Waals surface area contributed by atoms with Gasteiger partial charge in [0.15, 0.2) is 0 Å². The first-order valence-corrected chi connectivity index (χ1v) is 10.8. The number of rotatable bonds is 3. The van der Waals surface area contributed by atoms with E-state index in [9.17, 15) is 0 Å². The molecular formula is C21H25N3S2. The zero-order chi connectivity index (χ0) is 18.1. The predicted molar refractivity (Wildman–Crippen MR) is 114 cm³/mol. The molecule has 3 aromatic rings. The van der Waals surface area contributed by atoms with Crippen molar-refractivity contribution in [2.45, 2.75) is 35.3 Å². The fourth-order valence-electron chi connectivity index (χ4n) is 3.24. The molecule has 0 radical (unpaired) electrons. The van der Waals surface area contributed by atoms with Gasteiger partial charge in [0.1, 0.15) is 5.82 Å². The van der Waals surface area contributed by atoms with E-state index < -0.39 is 0 Å². The van der Waals surface area contributed by atoms with Crippen LogP contribution in [0.4, 0.5) is 5.82 Å². The van der Waals surface area contributed by atoms with Gasteiger partial charge in [-0.2, -0.15) is 0 Å². The summed E-state index contributed by atoms with van der Waals surface area (Å²) in [4.78, 5) is 8.38. The third kappa shape index (κ3) is 3.75. The van der Waals surface area contributed by atoms with Crippen molar-refractivity contribution in [3.05, 3.63) is 48.2 Å². The van der Waals surface area contributed by atoms with E-state index in [0.29, 0.717) is 0 Å². The van der Waals surface area contributed by atoms with Crippen LogP contribution in [-0.2, 0) is 5.41 Å². The molecule has 1 fully saturated rings. The van der Waals surface area contributed by atoms with E-state index in [2.05, 4.69) is 72.4 Å². The van der Waals surface area contributed by atoms with Gasteiger partial charge < -0.3 is 10.2 Å². The topological polar surface area (TPSA) is 28.2 Å². The number of nitrogens with one attached hydrogen (secondary N) is 1. The van der Waals surface area contributed by atoms with Gasteiger partial charge in [-0.1, -0.05) is 44.7 Å². The van der Waals surface area contributed by atoms with Gasteiger partial charge in [0.25, 0.3) is 0 Å². The maximum Gasteiger partial charge on any atom is 0.137 e. The minimum atomic E-state index is 0.199. The van der Waals surface area contributed by atoms with Crippen LogP contribution in [0.3, 0.4) is 0 Å². The summed E-state index contributed by atoms with van der Waals surface area (Å²) in [5, 5.41) is 4.70. The summed E-state index contributed by atoms with van der Waals surface area (Å²) >= 11 is 3.71. The molecule has 3 nitrogen and oxygen atoms in total. The van der Waals surface area contributed by atoms with Crippen LogP contribution in [0.2, 0.25) is 0 Å². The number of piperazine rings is 1. The Morgan fingerprint density at radius 3 is 2.50 bits per heavy atom. The minimum absolute atomic E-state index is 0.199. The van der Waals surface area contributed by atoms with Crippen LogP contribution in [0.5, 0.6) is 0 Å². The van der Waals surface area contributed by atoms with E-state index in [0.717, 1.165) is 32.0 Å². The van der Waals surface area contributed by atoms with Crippen molar-refractivity contribution in [1.29, 1.82) is 0 Å². The Labute approximate surface area is 163 Å². The smallest absolute Gasteiger partial charge is 0.137 e. The molecule has 0 amide bonds. The molecule has 0 unspecified atom stereocenters. The third-order valence-corrected chi connectivity index (χ3v) is 6.98. The average Bonchev–Trinajstić information content (AvgIpc) is 3.04. The molecule has 3 heterocycles. The van der Waals surface area contributed by atoms with Gasteiger partial charge in [0.05, 0.1) is 4.21 Å². The first kappa shape index (κ1) is 17.8. The molecule has 0 spiro atoms. The summed E-state index contributed by atoms with van der Waals surface area (Å²) in [5.41, 5.74) is 1.58. The first-order valence-electron chi connectivity index (χ1n) is 9.13. The fraction of sp³-hybridized carbons (Fsp3) is 0.381. The van der Waals surface area contributed by atoms with Gasteiger partial charge in [-0.05, 0) is 35.2 Å². The van der Waals surface area contributed by atoms with E-state index in [1.165, 1.54) is 24.8 Å². The van der Waals surface area contributed by atoms with Crippen molar-refractivity contribution < 1.29 is 0 Å². The molecule has 2 aromatic heterocycles. The van der Waals surface area contributed by atoms with Gasteiger partial charge in [0.2, 0.25) is 0 Å². The predicted octanol–water partition coefficient (Wildman–Crippen LogP) is 5.15. The Balaban J connectivity index is 1.59. The number of hydrogen-bond acceptors (Lipinski definition) is 5. The van der Waals surface area contributed by atoms with Gasteiger partial charge >= 0.3 is 0 Å². The van der Waals surface area contributed by atoms with Crippen LogP contribution in [0.15, 0.2) is 51.7 Å². The van der Waals surface area contributed by atoms with E-state index in [4.69, 9.17) is 0 Å². The van der Waals surface area contributed by atoms with Crippen molar-refractivity contribution in [2.24, 2.45) is 0 Å². The second-order valence-corrected chi connectivity index (χ2v) is 10.2. The van der Waals surface area contributed by atoms with Crippen LogP contribution in [0, 0.1) is 0 Å². The fourth-order valence-corrected chi connectivity index (χ4v) is 5.43. The van der Waals surface area contributed by atoms with Gasteiger partial charge in [-0.3, -0.25) is 0 Å². The molecule has 1 aliphatic rings. The first-order chi connectivity index (χ1) is 12.5. The second kappa shape index (κ2) is 7.22. The molecule has 26 heavy (non-hydrogen) atoms. The highest BCUT2D eigenvalue weighted by Crippen LogP contribution is 2.40. The number of aromatic nitrogens is 1. The molecule has 136 valence electrons. The Kier molecular flexibility index (Phi) is 4.95. The lowest BCUT2D eigenvalue weighted by atomic mass is 9.87. The highest BCUT2D eigenvalue weighted by molar-refractivity contribution is 8.01. The Morgan fingerprint density at radius 2 is 1.81 bits per heavy atom. The normalized spacial score (nSPS) is 15.6. The maximum absolute atomic E-state index is 4.69. The second-order valence-electron chi connectivity index (χ2n) is 7.73. The Morgan fingerprint density at radius 1 is 1.08 bits per heavy atom. The molecule has 0 atom stereocenters. The molecule has 0 bridgehead atoms. The van der Waals surface area contributed by atoms with Crippen molar-refractivity contribution >= 4 is 39.0 Å². The van der Waals surface area contributed by atoms with E-state index in [-0.39, 0.29) is 5.41 Å². The van der Waals surface area contributed by atoms with Crippen molar-refractivity contribution in [1.82, 2.24) is 10.3 Å². The lowest BCUT2D eigenvalue weighted by Crippen LogP contribution is -2.43. The van der Waals surface area contributed by atoms with E-state index in [1.54, 1.807) is 0 Å². The monoisotopic (exact) mass is 383 g/mol. The molecule has 0 aliphatic carbocycles. The van der Waals surface area contributed by atoms with Gasteiger partial charge in [0, 0.05) is 47.4 Å². The Bertz CT molecular complexity index is 888. The lowest BCUT2D eigenvalue weighted by Gasteiger charge is -2.28. The molecule has 1 aliphatic heterocycles. The zero-order valence-corrected chi connectivity index (χ0v) is 17.2. The number of hydrogen-bond donors (Lipinski definition) is 1. The van der Waals surface area contributed by atoms with E-state index >= 15 is 0 Å². The Hall–Kier alpha value is -1.56. The maximum atomic E-state index is 4.69. The third-order valence-electron chi connectivity index (χ3n) is 4.76. The van der Waals surface area contributed by atoms with Gasteiger partial charge in [-0.15, -0.1) is 11.3 Å². The van der Waals surface area contributed by atoms with Crippen LogP contribution in [0.25, 0.3) is 10.1 Å². The summed E-state index contributed by atoms with van der Waals surface area (Å²) in [5.74, 6) is 1.13. The highest BCUT2D eigenvalue weighted by Gasteiger charge is 2.17. The number of anilines is 1. The standard InChI is InChI=1S/C21H25N3S2/c1-21(2,3)15-4-6-16(7-5-15)25-19-14-17-18(26-19)8-9-23-20(17)24-12-10-22-11-13-24/h4-9,14,22H,10-13H2,1-3H3. The van der Waals surface area contributed by atoms with Crippen LogP contribution < -0.4 is 10.2 Å². The lowest BCUT2D eigenvalue weighted by molar-refractivity contribution is 0.586. The SMILES string of the molecule is CC(C)(C)c1ccc(Sc2cc3c(N4CCNCC4)nccc3s2)cc1. The molecule has 5 heteroatoms. The minimum Gasteiger partial charge on any atom is -0.354 e. The highest BCUT2D eigenvalue weighted by atomic mass is 32.2. The molecule has 0 saturated carbocycles.